The molecule has 1 unspecified atom stereocenters. The zero-order chi connectivity index (χ0) is 13.8. The second kappa shape index (κ2) is 4.12. The van der Waals surface area contributed by atoms with Crippen LogP contribution in [-0.4, -0.2) is 28.0 Å². The van der Waals surface area contributed by atoms with Gasteiger partial charge in [-0.15, -0.1) is 0 Å². The Kier molecular flexibility index (Phi) is 2.76. The number of rotatable bonds is 1. The van der Waals surface area contributed by atoms with Crippen molar-refractivity contribution in [2.75, 3.05) is 7.05 Å². The Bertz CT molecular complexity index is 521. The SMILES string of the molecule is Cc1c(O)cc2c(c1C)OC1(CCC1)CC2N(C)O. The Balaban J connectivity index is 2.13. The summed E-state index contributed by atoms with van der Waals surface area (Å²) in [7, 11) is 1.67. The lowest BCUT2D eigenvalue weighted by atomic mass is 9.72. The third-order valence-electron chi connectivity index (χ3n) is 4.80. The zero-order valence-electron chi connectivity index (χ0n) is 11.7. The number of hydroxylamine groups is 2. The molecule has 0 saturated heterocycles. The predicted octanol–water partition coefficient (Wildman–Crippen LogP) is 3.08. The molecule has 1 spiro atoms. The van der Waals surface area contributed by atoms with Crippen LogP contribution >= 0.6 is 0 Å². The quantitative estimate of drug-likeness (QED) is 0.765. The summed E-state index contributed by atoms with van der Waals surface area (Å²) in [6.07, 6.45) is 4.08. The van der Waals surface area contributed by atoms with Crippen molar-refractivity contribution in [3.8, 4) is 11.5 Å². The molecule has 1 aliphatic carbocycles. The highest BCUT2D eigenvalue weighted by molar-refractivity contribution is 5.54. The first-order valence-electron chi connectivity index (χ1n) is 6.87. The van der Waals surface area contributed by atoms with Crippen molar-refractivity contribution in [3.05, 3.63) is 22.8 Å². The Labute approximate surface area is 113 Å². The lowest BCUT2D eigenvalue weighted by molar-refractivity contribution is -0.145. The number of hydrogen-bond acceptors (Lipinski definition) is 4. The number of nitrogens with zero attached hydrogens (tertiary/aromatic N) is 1. The van der Waals surface area contributed by atoms with Crippen molar-refractivity contribution in [3.63, 3.8) is 0 Å². The average molecular weight is 263 g/mol. The first-order valence-corrected chi connectivity index (χ1v) is 6.87. The van der Waals surface area contributed by atoms with Crippen LogP contribution in [0.2, 0.25) is 0 Å². The van der Waals surface area contributed by atoms with E-state index in [0.29, 0.717) is 0 Å². The largest absolute Gasteiger partial charge is 0.508 e. The van der Waals surface area contributed by atoms with E-state index in [1.54, 1.807) is 13.1 Å². The van der Waals surface area contributed by atoms with Crippen LogP contribution in [-0.2, 0) is 0 Å². The summed E-state index contributed by atoms with van der Waals surface area (Å²) in [5.74, 6) is 1.13. The summed E-state index contributed by atoms with van der Waals surface area (Å²) in [5.41, 5.74) is 2.62. The lowest BCUT2D eigenvalue weighted by Gasteiger charge is -2.49. The van der Waals surface area contributed by atoms with Crippen molar-refractivity contribution in [1.29, 1.82) is 0 Å². The number of aromatic hydroxyl groups is 1. The summed E-state index contributed by atoms with van der Waals surface area (Å²) in [4.78, 5) is 0. The summed E-state index contributed by atoms with van der Waals surface area (Å²) >= 11 is 0. The monoisotopic (exact) mass is 263 g/mol. The van der Waals surface area contributed by atoms with Crippen molar-refractivity contribution >= 4 is 0 Å². The summed E-state index contributed by atoms with van der Waals surface area (Å²) in [6, 6.07) is 1.63. The molecule has 1 heterocycles. The molecule has 1 atom stereocenters. The van der Waals surface area contributed by atoms with Crippen LogP contribution in [0.5, 0.6) is 11.5 Å². The average Bonchev–Trinajstić information content (AvgIpc) is 2.33. The Morgan fingerprint density at radius 2 is 2.00 bits per heavy atom. The Morgan fingerprint density at radius 1 is 1.32 bits per heavy atom. The minimum absolute atomic E-state index is 0.103. The first-order chi connectivity index (χ1) is 8.93. The maximum atomic E-state index is 10.0. The minimum atomic E-state index is -0.108. The topological polar surface area (TPSA) is 52.9 Å². The molecule has 1 aromatic carbocycles. The smallest absolute Gasteiger partial charge is 0.128 e. The van der Waals surface area contributed by atoms with E-state index in [-0.39, 0.29) is 17.4 Å². The van der Waals surface area contributed by atoms with Gasteiger partial charge in [-0.2, -0.15) is 5.06 Å². The minimum Gasteiger partial charge on any atom is -0.508 e. The number of hydrogen-bond donors (Lipinski definition) is 2. The number of phenols is 1. The van der Waals surface area contributed by atoms with Crippen LogP contribution in [0.15, 0.2) is 6.07 Å². The maximum absolute atomic E-state index is 10.0. The van der Waals surface area contributed by atoms with Crippen LogP contribution in [0.25, 0.3) is 0 Å². The fraction of sp³-hybridized carbons (Fsp3) is 0.600. The molecular formula is C15H21NO3. The molecule has 4 nitrogen and oxygen atoms in total. The number of benzene rings is 1. The van der Waals surface area contributed by atoms with E-state index in [0.717, 1.165) is 41.7 Å². The molecule has 0 radical (unpaired) electrons. The highest BCUT2D eigenvalue weighted by Gasteiger charge is 2.47. The lowest BCUT2D eigenvalue weighted by Crippen LogP contribution is -2.49. The van der Waals surface area contributed by atoms with Crippen molar-refractivity contribution in [1.82, 2.24) is 5.06 Å². The maximum Gasteiger partial charge on any atom is 0.128 e. The standard InChI is InChI=1S/C15H21NO3/c1-9-10(2)14-11(7-13(9)17)12(16(3)18)8-15(19-14)5-4-6-15/h7,12,17-18H,4-6,8H2,1-3H3. The molecule has 2 N–H and O–H groups in total. The zero-order valence-corrected chi connectivity index (χ0v) is 11.7. The molecule has 19 heavy (non-hydrogen) atoms. The summed E-state index contributed by atoms with van der Waals surface area (Å²) < 4.78 is 6.25. The van der Waals surface area contributed by atoms with Gasteiger partial charge < -0.3 is 15.1 Å². The van der Waals surface area contributed by atoms with Gasteiger partial charge in [-0.25, -0.2) is 0 Å². The molecule has 1 saturated carbocycles. The highest BCUT2D eigenvalue weighted by Crippen LogP contribution is 2.52. The third-order valence-corrected chi connectivity index (χ3v) is 4.80. The van der Waals surface area contributed by atoms with E-state index in [1.165, 1.54) is 11.5 Å². The predicted molar refractivity (Wildman–Crippen MR) is 71.7 cm³/mol. The first kappa shape index (κ1) is 12.8. The van der Waals surface area contributed by atoms with E-state index in [9.17, 15) is 10.3 Å². The van der Waals surface area contributed by atoms with Crippen LogP contribution in [0.4, 0.5) is 0 Å². The van der Waals surface area contributed by atoms with Gasteiger partial charge in [-0.1, -0.05) is 0 Å². The molecule has 104 valence electrons. The number of phenolic OH excluding ortho intramolecular Hbond substituents is 1. The molecule has 1 aliphatic heterocycles. The molecular weight excluding hydrogens is 242 g/mol. The van der Waals surface area contributed by atoms with Crippen molar-refractivity contribution in [2.24, 2.45) is 0 Å². The van der Waals surface area contributed by atoms with Gasteiger partial charge in [0.2, 0.25) is 0 Å². The molecule has 0 amide bonds. The number of fused-ring (bicyclic) bond motifs is 1. The van der Waals surface area contributed by atoms with Gasteiger partial charge in [-0.05, 0) is 50.3 Å². The fourth-order valence-corrected chi connectivity index (χ4v) is 3.21. The van der Waals surface area contributed by atoms with E-state index in [2.05, 4.69) is 0 Å². The van der Waals surface area contributed by atoms with Crippen LogP contribution in [0.3, 0.4) is 0 Å². The summed E-state index contributed by atoms with van der Waals surface area (Å²) in [5, 5.41) is 21.2. The van der Waals surface area contributed by atoms with E-state index >= 15 is 0 Å². The Morgan fingerprint density at radius 3 is 2.53 bits per heavy atom. The van der Waals surface area contributed by atoms with Gasteiger partial charge in [0.05, 0.1) is 6.04 Å². The second-order valence-electron chi connectivity index (χ2n) is 6.00. The molecule has 0 aromatic heterocycles. The van der Waals surface area contributed by atoms with Crippen molar-refractivity contribution < 1.29 is 15.1 Å². The normalized spacial score (nSPS) is 23.9. The van der Waals surface area contributed by atoms with Crippen molar-refractivity contribution in [2.45, 2.75) is 51.2 Å². The van der Waals surface area contributed by atoms with Gasteiger partial charge in [0, 0.05) is 19.0 Å². The Hall–Kier alpha value is -1.26. The highest BCUT2D eigenvalue weighted by atomic mass is 16.5. The fourth-order valence-electron chi connectivity index (χ4n) is 3.21. The molecule has 4 heteroatoms. The third kappa shape index (κ3) is 1.82. The van der Waals surface area contributed by atoms with E-state index < -0.39 is 0 Å². The molecule has 2 aliphatic rings. The van der Waals surface area contributed by atoms with Crippen LogP contribution in [0, 0.1) is 13.8 Å². The molecule has 0 bridgehead atoms. The van der Waals surface area contributed by atoms with Crippen LogP contribution < -0.4 is 4.74 Å². The molecule has 3 rings (SSSR count). The molecule has 1 fully saturated rings. The van der Waals surface area contributed by atoms with E-state index in [4.69, 9.17) is 4.74 Å². The van der Waals surface area contributed by atoms with Gasteiger partial charge in [0.15, 0.2) is 0 Å². The second-order valence-corrected chi connectivity index (χ2v) is 6.00. The van der Waals surface area contributed by atoms with Gasteiger partial charge in [0.25, 0.3) is 0 Å². The van der Waals surface area contributed by atoms with Gasteiger partial charge >= 0.3 is 0 Å². The molecule has 1 aromatic rings. The van der Waals surface area contributed by atoms with E-state index in [1.807, 2.05) is 13.8 Å². The summed E-state index contributed by atoms with van der Waals surface area (Å²) in [6.45, 7) is 3.87. The van der Waals surface area contributed by atoms with Gasteiger partial charge in [0.1, 0.15) is 17.1 Å². The van der Waals surface area contributed by atoms with Crippen LogP contribution in [0.1, 0.15) is 48.4 Å². The van der Waals surface area contributed by atoms with Gasteiger partial charge in [-0.3, -0.25) is 0 Å². The number of ether oxygens (including phenoxy) is 1.